The van der Waals surface area contributed by atoms with E-state index in [2.05, 4.69) is 27.3 Å². The standard InChI is InChI=1S/C12H12BNO2.C8H8N2/c15-12(16)9-3-1-2-8-6-11-13(4-5-14-11)7-10(8)9;1-6-4-7-2-3-9-8(7)10-5-6/h1-5,11,14H,6-7H2,(H,15,16);2-5H,1H3,(H,9,10). The van der Waals surface area contributed by atoms with E-state index in [1.54, 1.807) is 6.07 Å². The fourth-order valence-corrected chi connectivity index (χ4v) is 3.77. The Morgan fingerprint density at radius 1 is 1.35 bits per heavy atom. The van der Waals surface area contributed by atoms with Gasteiger partial charge in [0.05, 0.1) is 5.56 Å². The summed E-state index contributed by atoms with van der Waals surface area (Å²) < 4.78 is 0. The fraction of sp³-hybridized carbons (Fsp3) is 0.200. The van der Waals surface area contributed by atoms with Gasteiger partial charge in [0, 0.05) is 23.7 Å². The van der Waals surface area contributed by atoms with Gasteiger partial charge < -0.3 is 15.4 Å². The molecule has 3 aromatic rings. The van der Waals surface area contributed by atoms with Crippen LogP contribution in [0.4, 0.5) is 0 Å². The molecule has 2 aliphatic rings. The maximum Gasteiger partial charge on any atom is 0.335 e. The van der Waals surface area contributed by atoms with Crippen LogP contribution in [0.15, 0.2) is 54.9 Å². The maximum atomic E-state index is 11.1. The average Bonchev–Trinajstić information content (AvgIpc) is 3.27. The number of hydrogen-bond donors (Lipinski definition) is 3. The minimum absolute atomic E-state index is 0.452. The third kappa shape index (κ3) is 3.10. The molecule has 0 fully saturated rings. The smallest absolute Gasteiger partial charge is 0.335 e. The Kier molecular flexibility index (Phi) is 4.25. The van der Waals surface area contributed by atoms with Crippen molar-refractivity contribution in [2.24, 2.45) is 0 Å². The predicted molar refractivity (Wildman–Crippen MR) is 103 cm³/mol. The number of carbonyl (C=O) groups is 1. The Morgan fingerprint density at radius 3 is 3.08 bits per heavy atom. The second-order valence-electron chi connectivity index (χ2n) is 6.88. The van der Waals surface area contributed by atoms with Crippen LogP contribution in [0.5, 0.6) is 0 Å². The summed E-state index contributed by atoms with van der Waals surface area (Å²) in [4.78, 5) is 18.4. The molecule has 5 nitrogen and oxygen atoms in total. The van der Waals surface area contributed by atoms with E-state index >= 15 is 0 Å². The minimum Gasteiger partial charge on any atom is -0.478 e. The highest BCUT2D eigenvalue weighted by Gasteiger charge is 2.33. The molecule has 0 saturated carbocycles. The van der Waals surface area contributed by atoms with Crippen molar-refractivity contribution < 1.29 is 9.90 Å². The third-order valence-electron chi connectivity index (χ3n) is 5.09. The van der Waals surface area contributed by atoms with Gasteiger partial charge in [0.2, 0.25) is 0 Å². The molecule has 0 radical (unpaired) electrons. The summed E-state index contributed by atoms with van der Waals surface area (Å²) in [7, 11) is 0. The van der Waals surface area contributed by atoms with Crippen LogP contribution in [0.3, 0.4) is 0 Å². The van der Waals surface area contributed by atoms with Crippen LogP contribution < -0.4 is 5.32 Å². The SMILES string of the molecule is Cc1cnc2[nH]ccc2c1.O=C(O)c1cccc2c1CB1C=CNC1C2. The van der Waals surface area contributed by atoms with E-state index in [1.165, 1.54) is 16.5 Å². The Labute approximate surface area is 152 Å². The maximum absolute atomic E-state index is 11.1. The fourth-order valence-electron chi connectivity index (χ4n) is 3.77. The van der Waals surface area contributed by atoms with Gasteiger partial charge in [-0.15, -0.1) is 0 Å². The number of fused-ring (bicyclic) bond motifs is 3. The second kappa shape index (κ2) is 6.71. The lowest BCUT2D eigenvalue weighted by atomic mass is 9.39. The summed E-state index contributed by atoms with van der Waals surface area (Å²) in [6, 6.07) is 9.71. The number of aromatic nitrogens is 2. The van der Waals surface area contributed by atoms with Crippen LogP contribution >= 0.6 is 0 Å². The second-order valence-corrected chi connectivity index (χ2v) is 6.88. The number of rotatable bonds is 1. The number of pyridine rings is 1. The van der Waals surface area contributed by atoms with Gasteiger partial charge >= 0.3 is 5.97 Å². The monoisotopic (exact) mass is 345 g/mol. The van der Waals surface area contributed by atoms with Crippen molar-refractivity contribution in [2.75, 3.05) is 0 Å². The number of benzene rings is 1. The molecule has 1 unspecified atom stereocenters. The molecule has 130 valence electrons. The number of aryl methyl sites for hydroxylation is 1. The highest BCUT2D eigenvalue weighted by atomic mass is 16.4. The zero-order valence-electron chi connectivity index (χ0n) is 14.6. The highest BCUT2D eigenvalue weighted by Crippen LogP contribution is 2.26. The normalized spacial score (nSPS) is 17.1. The Morgan fingerprint density at radius 2 is 2.23 bits per heavy atom. The molecule has 0 amide bonds. The first-order chi connectivity index (χ1) is 12.6. The molecule has 1 atom stereocenters. The van der Waals surface area contributed by atoms with Crippen molar-refractivity contribution in [1.29, 1.82) is 0 Å². The van der Waals surface area contributed by atoms with Crippen LogP contribution in [0, 0.1) is 6.92 Å². The number of hydrogen-bond acceptors (Lipinski definition) is 3. The number of aromatic amines is 1. The number of aromatic carboxylic acids is 1. The van der Waals surface area contributed by atoms with E-state index in [0.717, 1.165) is 24.0 Å². The molecule has 2 aromatic heterocycles. The van der Waals surface area contributed by atoms with Crippen LogP contribution in [-0.2, 0) is 12.7 Å². The average molecular weight is 345 g/mol. The summed E-state index contributed by atoms with van der Waals surface area (Å²) in [6.45, 7) is 2.49. The number of H-pyrrole nitrogens is 1. The lowest BCUT2D eigenvalue weighted by Crippen LogP contribution is -2.42. The molecule has 0 aliphatic carbocycles. The molecule has 0 saturated heterocycles. The third-order valence-corrected chi connectivity index (χ3v) is 5.09. The zero-order valence-corrected chi connectivity index (χ0v) is 14.6. The van der Waals surface area contributed by atoms with Gasteiger partial charge in [0.25, 0.3) is 0 Å². The minimum atomic E-state index is -0.815. The van der Waals surface area contributed by atoms with Gasteiger partial charge in [-0.2, -0.15) is 0 Å². The number of nitrogens with one attached hydrogen (secondary N) is 2. The van der Waals surface area contributed by atoms with Crippen molar-refractivity contribution in [2.45, 2.75) is 25.6 Å². The first-order valence-electron chi connectivity index (χ1n) is 8.78. The van der Waals surface area contributed by atoms with Gasteiger partial charge in [-0.1, -0.05) is 18.1 Å². The number of carboxylic acid groups (broad SMARTS) is 1. The topological polar surface area (TPSA) is 78.0 Å². The van der Waals surface area contributed by atoms with E-state index in [-0.39, 0.29) is 0 Å². The number of carboxylic acids is 1. The zero-order chi connectivity index (χ0) is 18.1. The molecule has 26 heavy (non-hydrogen) atoms. The Hall–Kier alpha value is -3.02. The van der Waals surface area contributed by atoms with Crippen LogP contribution in [0.1, 0.15) is 27.0 Å². The van der Waals surface area contributed by atoms with Crippen molar-refractivity contribution >= 4 is 23.7 Å². The molecular weight excluding hydrogens is 325 g/mol. The molecule has 2 aliphatic heterocycles. The van der Waals surface area contributed by atoms with Crippen molar-refractivity contribution in [3.8, 4) is 0 Å². The summed E-state index contributed by atoms with van der Waals surface area (Å²) in [5.41, 5.74) is 4.83. The van der Waals surface area contributed by atoms with Crippen LogP contribution in [0.25, 0.3) is 11.0 Å². The molecule has 0 bridgehead atoms. The van der Waals surface area contributed by atoms with Crippen molar-refractivity contribution in [1.82, 2.24) is 15.3 Å². The van der Waals surface area contributed by atoms with Crippen molar-refractivity contribution in [3.05, 3.63) is 77.2 Å². The summed E-state index contributed by atoms with van der Waals surface area (Å²) in [5, 5.41) is 13.6. The molecule has 0 spiro atoms. The first-order valence-corrected chi connectivity index (χ1v) is 8.78. The quantitative estimate of drug-likeness (QED) is 0.593. The molecule has 1 aromatic carbocycles. The van der Waals surface area contributed by atoms with Gasteiger partial charge in [-0.3, -0.25) is 0 Å². The lowest BCUT2D eigenvalue weighted by molar-refractivity contribution is 0.0695. The van der Waals surface area contributed by atoms with Gasteiger partial charge in [0.1, 0.15) is 5.65 Å². The van der Waals surface area contributed by atoms with Gasteiger partial charge in [-0.05, 0) is 60.8 Å². The number of nitrogens with zero attached hydrogens (tertiary/aromatic N) is 1. The highest BCUT2D eigenvalue weighted by molar-refractivity contribution is 6.66. The lowest BCUT2D eigenvalue weighted by Gasteiger charge is -2.26. The summed E-state index contributed by atoms with van der Waals surface area (Å²) in [5.74, 6) is 1.79. The van der Waals surface area contributed by atoms with E-state index in [9.17, 15) is 4.79 Å². The molecule has 6 heteroatoms. The molecular formula is C20H20BN3O2. The van der Waals surface area contributed by atoms with E-state index < -0.39 is 5.97 Å². The van der Waals surface area contributed by atoms with E-state index in [1.807, 2.05) is 43.7 Å². The van der Waals surface area contributed by atoms with E-state index in [0.29, 0.717) is 18.2 Å². The Balaban J connectivity index is 0.000000144. The largest absolute Gasteiger partial charge is 0.478 e. The van der Waals surface area contributed by atoms with Crippen molar-refractivity contribution in [3.63, 3.8) is 0 Å². The molecule has 4 heterocycles. The van der Waals surface area contributed by atoms with Crippen LogP contribution in [-0.4, -0.2) is 33.7 Å². The summed E-state index contributed by atoms with van der Waals surface area (Å²) in [6.07, 6.45) is 7.51. The van der Waals surface area contributed by atoms with Gasteiger partial charge in [-0.25, -0.2) is 9.78 Å². The van der Waals surface area contributed by atoms with E-state index in [4.69, 9.17) is 5.11 Å². The van der Waals surface area contributed by atoms with Gasteiger partial charge in [0.15, 0.2) is 6.71 Å². The predicted octanol–water partition coefficient (Wildman–Crippen LogP) is 2.95. The molecule has 3 N–H and O–H groups in total. The summed E-state index contributed by atoms with van der Waals surface area (Å²) >= 11 is 0. The molecule has 5 rings (SSSR count). The van der Waals surface area contributed by atoms with Crippen LogP contribution in [0.2, 0.25) is 0 Å². The first kappa shape index (κ1) is 16.5. The Bertz CT molecular complexity index is 996.